The molecule has 0 fully saturated rings. The summed E-state index contributed by atoms with van der Waals surface area (Å²) in [6, 6.07) is 20.2. The molecule has 0 heteroatoms. The summed E-state index contributed by atoms with van der Waals surface area (Å²) in [6.45, 7) is 16.0. The Hall–Kier alpha value is -2.34. The molecule has 0 spiro atoms. The molecule has 3 aromatic rings. The van der Waals surface area contributed by atoms with Gasteiger partial charge in [0.2, 0.25) is 0 Å². The minimum atomic E-state index is 0.532. The number of allylic oxidation sites excluding steroid dienone is 1. The van der Waals surface area contributed by atoms with E-state index in [0.717, 1.165) is 6.42 Å². The first-order valence-electron chi connectivity index (χ1n) is 11.2. The fourth-order valence-electron chi connectivity index (χ4n) is 3.97. The van der Waals surface area contributed by atoms with E-state index in [2.05, 4.69) is 66.7 Å². The summed E-state index contributed by atoms with van der Waals surface area (Å²) in [5, 5.41) is 2.82. The Morgan fingerprint density at radius 3 is 1.89 bits per heavy atom. The van der Waals surface area contributed by atoms with Crippen molar-refractivity contribution in [2.24, 2.45) is 0 Å². The fourth-order valence-corrected chi connectivity index (χ4v) is 3.97. The highest BCUT2D eigenvalue weighted by Crippen LogP contribution is 2.49. The summed E-state index contributed by atoms with van der Waals surface area (Å²) in [7, 11) is 0. The molecule has 0 saturated heterocycles. The van der Waals surface area contributed by atoms with Crippen LogP contribution in [-0.4, -0.2) is 0 Å². The van der Waals surface area contributed by atoms with E-state index in [0.29, 0.717) is 5.92 Å². The van der Waals surface area contributed by atoms with Gasteiger partial charge in [-0.15, -0.1) is 0 Å². The van der Waals surface area contributed by atoms with Crippen molar-refractivity contribution in [3.8, 4) is 11.1 Å². The molecule has 0 radical (unpaired) electrons. The molecule has 0 aliphatic heterocycles. The van der Waals surface area contributed by atoms with Crippen molar-refractivity contribution in [2.75, 3.05) is 0 Å². The number of rotatable bonds is 0. The van der Waals surface area contributed by atoms with E-state index in [1.165, 1.54) is 38.6 Å². The van der Waals surface area contributed by atoms with Crippen molar-refractivity contribution in [2.45, 2.75) is 67.7 Å². The molecule has 150 valence electrons. The third kappa shape index (κ3) is 4.22. The van der Waals surface area contributed by atoms with Gasteiger partial charge >= 0.3 is 0 Å². The lowest BCUT2D eigenvalue weighted by molar-refractivity contribution is 0.824. The zero-order valence-corrected chi connectivity index (χ0v) is 19.1. The van der Waals surface area contributed by atoms with Crippen LogP contribution < -0.4 is 0 Å². The van der Waals surface area contributed by atoms with Gasteiger partial charge in [-0.1, -0.05) is 122 Å². The van der Waals surface area contributed by atoms with Crippen molar-refractivity contribution in [3.63, 3.8) is 0 Å². The molecule has 2 aliphatic rings. The fraction of sp³-hybridized carbons (Fsp3) is 0.357. The lowest BCUT2D eigenvalue weighted by Crippen LogP contribution is -2.12. The van der Waals surface area contributed by atoms with Crippen molar-refractivity contribution in [1.29, 1.82) is 0 Å². The minimum Gasteiger partial charge on any atom is -0.0830 e. The summed E-state index contributed by atoms with van der Waals surface area (Å²) in [4.78, 5) is 0. The van der Waals surface area contributed by atoms with Crippen LogP contribution >= 0.6 is 0 Å². The smallest absolute Gasteiger partial charge is 0.0142 e. The lowest BCUT2D eigenvalue weighted by atomic mass is 9.72. The Kier molecular flexibility index (Phi) is 10.3. The zero-order valence-electron chi connectivity index (χ0n) is 19.1. The Labute approximate surface area is 173 Å². The molecule has 0 bridgehead atoms. The Morgan fingerprint density at radius 1 is 0.643 bits per heavy atom. The van der Waals surface area contributed by atoms with E-state index in [4.69, 9.17) is 0 Å². The van der Waals surface area contributed by atoms with Gasteiger partial charge < -0.3 is 0 Å². The Morgan fingerprint density at radius 2 is 1.21 bits per heavy atom. The predicted octanol–water partition coefficient (Wildman–Crippen LogP) is 9.47. The molecular formula is C28H38. The van der Waals surface area contributed by atoms with Gasteiger partial charge in [-0.2, -0.15) is 0 Å². The average Bonchev–Trinajstić information content (AvgIpc) is 2.82. The van der Waals surface area contributed by atoms with Gasteiger partial charge in [-0.3, -0.25) is 0 Å². The van der Waals surface area contributed by atoms with E-state index in [1.807, 2.05) is 55.4 Å². The van der Waals surface area contributed by atoms with Gasteiger partial charge in [0.05, 0.1) is 0 Å². The predicted molar refractivity (Wildman–Crippen MR) is 130 cm³/mol. The number of hydrogen-bond acceptors (Lipinski definition) is 0. The summed E-state index contributed by atoms with van der Waals surface area (Å²) in [5.41, 5.74) is 7.26. The van der Waals surface area contributed by atoms with Crippen LogP contribution in [0.15, 0.2) is 60.7 Å². The largest absolute Gasteiger partial charge is 0.0830 e. The number of fused-ring (bicyclic) bond motifs is 2. The van der Waals surface area contributed by atoms with Crippen LogP contribution in [0, 0.1) is 0 Å². The highest BCUT2D eigenvalue weighted by molar-refractivity contribution is 6.03. The molecule has 1 unspecified atom stereocenters. The van der Waals surface area contributed by atoms with Gasteiger partial charge in [0.15, 0.2) is 0 Å². The van der Waals surface area contributed by atoms with Gasteiger partial charge in [0.25, 0.3) is 0 Å². The van der Waals surface area contributed by atoms with Crippen LogP contribution in [0.3, 0.4) is 0 Å². The van der Waals surface area contributed by atoms with E-state index in [-0.39, 0.29) is 0 Å². The molecule has 0 aromatic heterocycles. The molecule has 1 atom stereocenters. The maximum absolute atomic E-state index is 2.32. The number of benzene rings is 3. The lowest BCUT2D eigenvalue weighted by Gasteiger charge is -2.31. The third-order valence-electron chi connectivity index (χ3n) is 4.76. The molecule has 3 aromatic carbocycles. The van der Waals surface area contributed by atoms with Gasteiger partial charge in [-0.25, -0.2) is 0 Å². The first-order valence-corrected chi connectivity index (χ1v) is 11.2. The van der Waals surface area contributed by atoms with Crippen LogP contribution in [0.25, 0.3) is 28.0 Å². The van der Waals surface area contributed by atoms with Crippen molar-refractivity contribution >= 4 is 16.8 Å². The second-order valence-electron chi connectivity index (χ2n) is 5.75. The van der Waals surface area contributed by atoms with Crippen LogP contribution in [-0.2, 0) is 0 Å². The second-order valence-corrected chi connectivity index (χ2v) is 5.75. The van der Waals surface area contributed by atoms with E-state index >= 15 is 0 Å². The van der Waals surface area contributed by atoms with Crippen LogP contribution in [0.5, 0.6) is 0 Å². The standard InChI is InChI=1S/C20H14.4C2H6/c1-5-13-6-2-11-17-18-12-4-8-14-7-3-10-16(20(14)18)15(9-1)19(13)17;4*1-2/h1-11,18H,12H2;4*1-2H3. The summed E-state index contributed by atoms with van der Waals surface area (Å²) >= 11 is 0. The van der Waals surface area contributed by atoms with Crippen LogP contribution in [0.4, 0.5) is 0 Å². The highest BCUT2D eigenvalue weighted by atomic mass is 14.3. The van der Waals surface area contributed by atoms with Gasteiger partial charge in [-0.05, 0) is 45.0 Å². The van der Waals surface area contributed by atoms with Crippen molar-refractivity contribution in [3.05, 3.63) is 77.4 Å². The monoisotopic (exact) mass is 374 g/mol. The third-order valence-corrected chi connectivity index (χ3v) is 4.76. The van der Waals surface area contributed by atoms with Crippen LogP contribution in [0.2, 0.25) is 0 Å². The van der Waals surface area contributed by atoms with Gasteiger partial charge in [0, 0.05) is 5.92 Å². The normalized spacial score (nSPS) is 13.8. The summed E-state index contributed by atoms with van der Waals surface area (Å²) < 4.78 is 0. The van der Waals surface area contributed by atoms with Gasteiger partial charge in [0.1, 0.15) is 0 Å². The van der Waals surface area contributed by atoms with Crippen LogP contribution in [0.1, 0.15) is 84.4 Å². The molecule has 2 aliphatic carbocycles. The molecule has 5 rings (SSSR count). The molecule has 0 amide bonds. The van der Waals surface area contributed by atoms with Crippen molar-refractivity contribution in [1.82, 2.24) is 0 Å². The molecular weight excluding hydrogens is 336 g/mol. The topological polar surface area (TPSA) is 0 Å². The van der Waals surface area contributed by atoms with Crippen molar-refractivity contribution < 1.29 is 0 Å². The average molecular weight is 375 g/mol. The Balaban J connectivity index is 0.000000442. The Bertz CT molecular complexity index is 878. The minimum absolute atomic E-state index is 0.532. The van der Waals surface area contributed by atoms with E-state index in [9.17, 15) is 0 Å². The summed E-state index contributed by atoms with van der Waals surface area (Å²) in [5.74, 6) is 0.532. The summed E-state index contributed by atoms with van der Waals surface area (Å²) in [6.07, 6.45) is 5.73. The SMILES string of the molecule is C1=Cc2cccc3c2C(C1)c1cccc2cccc-3c12.CC.CC.CC.CC. The van der Waals surface area contributed by atoms with E-state index < -0.39 is 0 Å². The molecule has 28 heavy (non-hydrogen) atoms. The maximum atomic E-state index is 2.32. The first-order chi connectivity index (χ1) is 13.9. The second kappa shape index (κ2) is 12.2. The number of hydrogen-bond donors (Lipinski definition) is 0. The molecule has 0 saturated carbocycles. The first kappa shape index (κ1) is 23.7. The molecule has 0 nitrogen and oxygen atoms in total. The maximum Gasteiger partial charge on any atom is 0.0142 e. The highest BCUT2D eigenvalue weighted by Gasteiger charge is 2.29. The molecule has 0 heterocycles. The van der Waals surface area contributed by atoms with E-state index in [1.54, 1.807) is 0 Å². The quantitative estimate of drug-likeness (QED) is 0.367. The zero-order chi connectivity index (χ0) is 21.1. The molecule has 0 N–H and O–H groups in total.